The number of thiol groups is 1. The number of ether oxygens (including phenoxy) is 1. The smallest absolute Gasteiger partial charge is 0.0594 e. The predicted molar refractivity (Wildman–Crippen MR) is 57.5 cm³/mol. The maximum absolute atomic E-state index is 5.16. The summed E-state index contributed by atoms with van der Waals surface area (Å²) >= 11 is 3.79. The van der Waals surface area contributed by atoms with Gasteiger partial charge in [0.1, 0.15) is 0 Å². The highest BCUT2D eigenvalue weighted by Gasteiger charge is 2.05. The van der Waals surface area contributed by atoms with Gasteiger partial charge >= 0.3 is 0 Å². The average molecular weight is 194 g/mol. The molecule has 12 heavy (non-hydrogen) atoms. The molecule has 4 heteroatoms. The number of hydrogen-bond acceptors (Lipinski definition) is 4. The molecule has 0 radical (unpaired) electrons. The van der Waals surface area contributed by atoms with Crippen molar-refractivity contribution in [2.24, 2.45) is 0 Å². The lowest BCUT2D eigenvalue weighted by Crippen LogP contribution is -2.35. The summed E-state index contributed by atoms with van der Waals surface area (Å²) in [5.41, 5.74) is 0. The first-order chi connectivity index (χ1) is 5.35. The SMILES string of the molecule is CCN1CCOCC1.CCS.N. The van der Waals surface area contributed by atoms with Crippen LogP contribution in [0.2, 0.25) is 0 Å². The van der Waals surface area contributed by atoms with E-state index in [0.29, 0.717) is 0 Å². The molecule has 0 aromatic heterocycles. The van der Waals surface area contributed by atoms with Crippen LogP contribution in [0.1, 0.15) is 13.8 Å². The summed E-state index contributed by atoms with van der Waals surface area (Å²) < 4.78 is 5.16. The first-order valence-corrected chi connectivity index (χ1v) is 4.89. The molecule has 0 atom stereocenters. The Morgan fingerprint density at radius 1 is 1.25 bits per heavy atom. The molecule has 1 aliphatic heterocycles. The zero-order valence-corrected chi connectivity index (χ0v) is 9.15. The van der Waals surface area contributed by atoms with E-state index in [1.165, 1.54) is 6.54 Å². The fourth-order valence-corrected chi connectivity index (χ4v) is 0.917. The minimum Gasteiger partial charge on any atom is -0.379 e. The van der Waals surface area contributed by atoms with Crippen molar-refractivity contribution in [3.8, 4) is 0 Å². The summed E-state index contributed by atoms with van der Waals surface area (Å²) in [6.07, 6.45) is 0. The van der Waals surface area contributed by atoms with Gasteiger partial charge in [-0.15, -0.1) is 0 Å². The van der Waals surface area contributed by atoms with Crippen molar-refractivity contribution in [2.45, 2.75) is 13.8 Å². The van der Waals surface area contributed by atoms with Gasteiger partial charge in [0.25, 0.3) is 0 Å². The molecular formula is C8H22N2OS. The molecule has 0 unspecified atom stereocenters. The van der Waals surface area contributed by atoms with E-state index in [4.69, 9.17) is 4.74 Å². The molecule has 76 valence electrons. The minimum atomic E-state index is 0. The molecule has 3 nitrogen and oxygen atoms in total. The number of hydrogen-bond donors (Lipinski definition) is 2. The van der Waals surface area contributed by atoms with E-state index in [0.717, 1.165) is 32.1 Å². The number of morpholine rings is 1. The molecule has 1 saturated heterocycles. The summed E-state index contributed by atoms with van der Waals surface area (Å²) in [6, 6.07) is 0. The van der Waals surface area contributed by atoms with Gasteiger partial charge in [-0.25, -0.2) is 0 Å². The van der Waals surface area contributed by atoms with Crippen LogP contribution in [-0.4, -0.2) is 43.5 Å². The van der Waals surface area contributed by atoms with E-state index in [1.54, 1.807) is 0 Å². The third-order valence-electron chi connectivity index (χ3n) is 1.55. The molecule has 0 aromatic rings. The van der Waals surface area contributed by atoms with Crippen molar-refractivity contribution in [3.05, 3.63) is 0 Å². The number of rotatable bonds is 1. The maximum Gasteiger partial charge on any atom is 0.0594 e. The van der Waals surface area contributed by atoms with Gasteiger partial charge < -0.3 is 10.9 Å². The number of likely N-dealkylation sites (N-methyl/N-ethyl adjacent to an activating group) is 1. The minimum absolute atomic E-state index is 0. The largest absolute Gasteiger partial charge is 0.379 e. The van der Waals surface area contributed by atoms with Crippen LogP contribution in [0, 0.1) is 0 Å². The fraction of sp³-hybridized carbons (Fsp3) is 1.00. The Morgan fingerprint density at radius 2 is 1.67 bits per heavy atom. The standard InChI is InChI=1S/C6H13NO.C2H6S.H3N/c1-2-7-3-5-8-6-4-7;1-2-3;/h2-6H2,1H3;3H,2H2,1H3;1H3. The lowest BCUT2D eigenvalue weighted by atomic mass is 10.4. The van der Waals surface area contributed by atoms with Crippen molar-refractivity contribution >= 4 is 12.6 Å². The van der Waals surface area contributed by atoms with Crippen LogP contribution in [0.5, 0.6) is 0 Å². The van der Waals surface area contributed by atoms with Gasteiger partial charge in [-0.1, -0.05) is 13.8 Å². The first-order valence-electron chi connectivity index (χ1n) is 4.26. The van der Waals surface area contributed by atoms with Crippen LogP contribution >= 0.6 is 12.6 Å². The Kier molecular flexibility index (Phi) is 13.8. The highest BCUT2D eigenvalue weighted by atomic mass is 32.1. The van der Waals surface area contributed by atoms with Gasteiger partial charge in [-0.2, -0.15) is 12.6 Å². The molecule has 0 aliphatic carbocycles. The average Bonchev–Trinajstić information content (AvgIpc) is 2.08. The topological polar surface area (TPSA) is 47.5 Å². The predicted octanol–water partition coefficient (Wildman–Crippen LogP) is 1.44. The summed E-state index contributed by atoms with van der Waals surface area (Å²) in [5.74, 6) is 0.944. The molecule has 0 aromatic carbocycles. The molecule has 0 spiro atoms. The monoisotopic (exact) mass is 194 g/mol. The van der Waals surface area contributed by atoms with Crippen LogP contribution < -0.4 is 6.15 Å². The van der Waals surface area contributed by atoms with E-state index in [1.807, 2.05) is 6.92 Å². The van der Waals surface area contributed by atoms with Crippen LogP contribution in [0.4, 0.5) is 0 Å². The van der Waals surface area contributed by atoms with Crippen LogP contribution in [-0.2, 0) is 4.74 Å². The molecule has 1 heterocycles. The molecule has 0 saturated carbocycles. The second-order valence-electron chi connectivity index (χ2n) is 2.36. The van der Waals surface area contributed by atoms with Crippen molar-refractivity contribution in [1.82, 2.24) is 11.1 Å². The Hall–Kier alpha value is 0.230. The lowest BCUT2D eigenvalue weighted by molar-refractivity contribution is 0.0405. The molecular weight excluding hydrogens is 172 g/mol. The summed E-state index contributed by atoms with van der Waals surface area (Å²) in [7, 11) is 0. The van der Waals surface area contributed by atoms with Gasteiger partial charge in [0, 0.05) is 13.1 Å². The second-order valence-corrected chi connectivity index (χ2v) is 3.00. The first kappa shape index (κ1) is 14.7. The Bertz CT molecular complexity index is 77.5. The van der Waals surface area contributed by atoms with E-state index in [-0.39, 0.29) is 6.15 Å². The van der Waals surface area contributed by atoms with Gasteiger partial charge in [0.15, 0.2) is 0 Å². The van der Waals surface area contributed by atoms with Crippen molar-refractivity contribution in [2.75, 3.05) is 38.6 Å². The van der Waals surface area contributed by atoms with Crippen molar-refractivity contribution in [3.63, 3.8) is 0 Å². The van der Waals surface area contributed by atoms with Crippen molar-refractivity contribution in [1.29, 1.82) is 0 Å². The molecule has 1 rings (SSSR count). The van der Waals surface area contributed by atoms with E-state index in [2.05, 4.69) is 24.5 Å². The third-order valence-corrected chi connectivity index (χ3v) is 1.55. The van der Waals surface area contributed by atoms with Crippen molar-refractivity contribution < 1.29 is 4.74 Å². The maximum atomic E-state index is 5.16. The number of nitrogens with zero attached hydrogens (tertiary/aromatic N) is 1. The molecule has 0 bridgehead atoms. The summed E-state index contributed by atoms with van der Waals surface area (Å²) in [4.78, 5) is 2.39. The van der Waals surface area contributed by atoms with Crippen LogP contribution in [0.15, 0.2) is 0 Å². The second kappa shape index (κ2) is 11.2. The van der Waals surface area contributed by atoms with Gasteiger partial charge in [0.2, 0.25) is 0 Å². The molecule has 0 amide bonds. The van der Waals surface area contributed by atoms with Crippen LogP contribution in [0.3, 0.4) is 0 Å². The van der Waals surface area contributed by atoms with Gasteiger partial charge in [0.05, 0.1) is 13.2 Å². The van der Waals surface area contributed by atoms with E-state index in [9.17, 15) is 0 Å². The molecule has 3 N–H and O–H groups in total. The zero-order valence-electron chi connectivity index (χ0n) is 8.25. The molecule has 1 aliphatic rings. The van der Waals surface area contributed by atoms with Gasteiger partial charge in [-0.3, -0.25) is 4.90 Å². The van der Waals surface area contributed by atoms with E-state index >= 15 is 0 Å². The highest BCUT2D eigenvalue weighted by molar-refractivity contribution is 7.80. The third kappa shape index (κ3) is 8.33. The lowest BCUT2D eigenvalue weighted by Gasteiger charge is -2.24. The quantitative estimate of drug-likeness (QED) is 0.621. The van der Waals surface area contributed by atoms with E-state index < -0.39 is 0 Å². The van der Waals surface area contributed by atoms with Gasteiger partial charge in [-0.05, 0) is 12.3 Å². The summed E-state index contributed by atoms with van der Waals surface area (Å²) in [5, 5.41) is 0. The normalized spacial score (nSPS) is 17.2. The zero-order chi connectivity index (χ0) is 8.53. The molecule has 1 fully saturated rings. The fourth-order valence-electron chi connectivity index (χ4n) is 0.917. The Balaban J connectivity index is 0. The Labute approximate surface area is 81.5 Å². The summed E-state index contributed by atoms with van der Waals surface area (Å²) in [6.45, 7) is 9.44. The highest BCUT2D eigenvalue weighted by Crippen LogP contribution is 1.93. The Morgan fingerprint density at radius 3 is 1.92 bits per heavy atom. The van der Waals surface area contributed by atoms with Crippen LogP contribution in [0.25, 0.3) is 0 Å².